The molecule has 20 heavy (non-hydrogen) atoms. The summed E-state index contributed by atoms with van der Waals surface area (Å²) in [5, 5.41) is 17.5. The highest BCUT2D eigenvalue weighted by Crippen LogP contribution is 2.27. The van der Waals surface area contributed by atoms with Crippen molar-refractivity contribution in [2.75, 3.05) is 6.61 Å². The van der Waals surface area contributed by atoms with Crippen molar-refractivity contribution in [3.63, 3.8) is 0 Å². The van der Waals surface area contributed by atoms with Gasteiger partial charge in [-0.3, -0.25) is 0 Å². The molecular weight excluding hydrogens is 256 g/mol. The minimum Gasteiger partial charge on any atom is -0.490 e. The molecule has 0 aliphatic heterocycles. The van der Waals surface area contributed by atoms with Crippen LogP contribution in [0.5, 0.6) is 5.75 Å². The van der Waals surface area contributed by atoms with Crippen LogP contribution in [0.25, 0.3) is 10.9 Å². The van der Waals surface area contributed by atoms with Gasteiger partial charge in [0.2, 0.25) is 5.69 Å². The number of carboxylic acids is 1. The van der Waals surface area contributed by atoms with Gasteiger partial charge in [0.1, 0.15) is 0 Å². The van der Waals surface area contributed by atoms with Crippen molar-refractivity contribution < 1.29 is 14.6 Å². The smallest absolute Gasteiger partial charge is 0.360 e. The summed E-state index contributed by atoms with van der Waals surface area (Å²) in [6, 6.07) is 7.26. The second-order valence-electron chi connectivity index (χ2n) is 4.61. The molecule has 0 unspecified atom stereocenters. The number of rotatable bonds is 7. The molecule has 0 spiro atoms. The van der Waals surface area contributed by atoms with E-state index in [1.54, 1.807) is 12.1 Å². The third kappa shape index (κ3) is 3.23. The topological polar surface area (TPSA) is 72.3 Å². The van der Waals surface area contributed by atoms with E-state index >= 15 is 0 Å². The highest BCUT2D eigenvalue weighted by Gasteiger charge is 2.17. The van der Waals surface area contributed by atoms with E-state index in [1.807, 2.05) is 12.1 Å². The average molecular weight is 274 g/mol. The molecule has 0 fully saturated rings. The minimum absolute atomic E-state index is 0.126. The highest BCUT2D eigenvalue weighted by atomic mass is 16.5. The molecule has 0 saturated carbocycles. The second kappa shape index (κ2) is 6.84. The van der Waals surface area contributed by atoms with E-state index in [0.717, 1.165) is 25.7 Å². The van der Waals surface area contributed by atoms with Crippen LogP contribution in [-0.4, -0.2) is 27.9 Å². The van der Waals surface area contributed by atoms with Crippen LogP contribution >= 0.6 is 0 Å². The molecule has 5 nitrogen and oxygen atoms in total. The molecule has 1 aromatic heterocycles. The molecule has 0 aliphatic carbocycles. The molecular formula is C15H18N2O3. The van der Waals surface area contributed by atoms with Crippen molar-refractivity contribution in [3.8, 4) is 5.75 Å². The Balaban J connectivity index is 2.23. The number of hydrogen-bond acceptors (Lipinski definition) is 4. The molecule has 0 bridgehead atoms. The number of carbonyl (C=O) groups is 1. The Labute approximate surface area is 117 Å². The van der Waals surface area contributed by atoms with Gasteiger partial charge in [-0.05, 0) is 18.6 Å². The number of hydrogen-bond donors (Lipinski definition) is 1. The summed E-state index contributed by atoms with van der Waals surface area (Å²) in [5.74, 6) is -0.800. The number of aromatic carboxylic acids is 1. The maximum Gasteiger partial charge on any atom is 0.360 e. The Kier molecular flexibility index (Phi) is 4.87. The first-order valence-corrected chi connectivity index (χ1v) is 6.85. The summed E-state index contributed by atoms with van der Waals surface area (Å²) in [4.78, 5) is 11.2. The highest BCUT2D eigenvalue weighted by molar-refractivity contribution is 5.96. The first kappa shape index (κ1) is 14.2. The molecule has 1 aromatic carbocycles. The Morgan fingerprint density at radius 3 is 2.75 bits per heavy atom. The maximum absolute atomic E-state index is 11.2. The quantitative estimate of drug-likeness (QED) is 0.784. The van der Waals surface area contributed by atoms with Gasteiger partial charge in [-0.15, -0.1) is 10.2 Å². The normalized spacial score (nSPS) is 10.7. The van der Waals surface area contributed by atoms with Crippen LogP contribution < -0.4 is 4.74 Å². The molecule has 0 saturated heterocycles. The fourth-order valence-corrected chi connectivity index (χ4v) is 2.02. The van der Waals surface area contributed by atoms with Gasteiger partial charge in [-0.25, -0.2) is 4.79 Å². The zero-order valence-electron chi connectivity index (χ0n) is 11.5. The summed E-state index contributed by atoms with van der Waals surface area (Å²) in [7, 11) is 0. The Morgan fingerprint density at radius 2 is 2.00 bits per heavy atom. The molecule has 2 aromatic rings. The molecule has 1 N–H and O–H groups in total. The van der Waals surface area contributed by atoms with Crippen molar-refractivity contribution >= 4 is 16.9 Å². The van der Waals surface area contributed by atoms with E-state index in [0.29, 0.717) is 23.3 Å². The number of benzene rings is 1. The van der Waals surface area contributed by atoms with Gasteiger partial charge < -0.3 is 9.84 Å². The van der Waals surface area contributed by atoms with Gasteiger partial charge >= 0.3 is 5.97 Å². The first-order chi connectivity index (χ1) is 9.74. The van der Waals surface area contributed by atoms with Crippen LogP contribution in [0.2, 0.25) is 0 Å². The minimum atomic E-state index is -1.12. The zero-order valence-corrected chi connectivity index (χ0v) is 11.5. The third-order valence-electron chi connectivity index (χ3n) is 3.07. The molecule has 0 amide bonds. The lowest BCUT2D eigenvalue weighted by atomic mass is 10.2. The summed E-state index contributed by atoms with van der Waals surface area (Å²) in [6.07, 6.45) is 4.30. The van der Waals surface area contributed by atoms with Gasteiger partial charge in [-0.1, -0.05) is 38.3 Å². The summed E-state index contributed by atoms with van der Waals surface area (Å²) in [6.45, 7) is 2.64. The fraction of sp³-hybridized carbons (Fsp3) is 0.400. The monoisotopic (exact) mass is 274 g/mol. The van der Waals surface area contributed by atoms with Crippen LogP contribution in [-0.2, 0) is 0 Å². The number of unbranched alkanes of at least 4 members (excludes halogenated alkanes) is 3. The van der Waals surface area contributed by atoms with Gasteiger partial charge in [0.25, 0.3) is 0 Å². The van der Waals surface area contributed by atoms with E-state index in [9.17, 15) is 9.90 Å². The lowest BCUT2D eigenvalue weighted by Gasteiger charge is -2.10. The van der Waals surface area contributed by atoms with Crippen molar-refractivity contribution in [1.29, 1.82) is 0 Å². The zero-order chi connectivity index (χ0) is 14.4. The number of ether oxygens (including phenoxy) is 1. The van der Waals surface area contributed by atoms with Gasteiger partial charge in [0.15, 0.2) is 5.75 Å². The first-order valence-electron chi connectivity index (χ1n) is 6.85. The van der Waals surface area contributed by atoms with Crippen molar-refractivity contribution in [2.24, 2.45) is 0 Å². The van der Waals surface area contributed by atoms with E-state index in [2.05, 4.69) is 17.1 Å². The summed E-state index contributed by atoms with van der Waals surface area (Å²) < 4.78 is 5.67. The van der Waals surface area contributed by atoms with Crippen LogP contribution in [0.3, 0.4) is 0 Å². The lowest BCUT2D eigenvalue weighted by Crippen LogP contribution is -2.09. The van der Waals surface area contributed by atoms with Gasteiger partial charge in [0, 0.05) is 5.39 Å². The number of aromatic nitrogens is 2. The predicted molar refractivity (Wildman–Crippen MR) is 76.1 cm³/mol. The van der Waals surface area contributed by atoms with E-state index in [4.69, 9.17) is 4.74 Å². The molecule has 5 heteroatoms. The SMILES string of the molecule is CCCCCCOc1c(C(=O)O)nnc2ccccc12. The molecule has 1 heterocycles. The van der Waals surface area contributed by atoms with Crippen molar-refractivity contribution in [2.45, 2.75) is 32.6 Å². The Hall–Kier alpha value is -2.17. The summed E-state index contributed by atoms with van der Waals surface area (Å²) in [5.41, 5.74) is 0.514. The Morgan fingerprint density at radius 1 is 1.20 bits per heavy atom. The predicted octanol–water partition coefficient (Wildman–Crippen LogP) is 3.29. The largest absolute Gasteiger partial charge is 0.490 e. The molecule has 0 radical (unpaired) electrons. The van der Waals surface area contributed by atoms with Gasteiger partial charge in [-0.2, -0.15) is 0 Å². The second-order valence-corrected chi connectivity index (χ2v) is 4.61. The van der Waals surface area contributed by atoms with Crippen LogP contribution in [0.15, 0.2) is 24.3 Å². The Bertz CT molecular complexity index is 599. The third-order valence-corrected chi connectivity index (χ3v) is 3.07. The number of carboxylic acid groups (broad SMARTS) is 1. The van der Waals surface area contributed by atoms with Crippen LogP contribution in [0.4, 0.5) is 0 Å². The van der Waals surface area contributed by atoms with Crippen molar-refractivity contribution in [3.05, 3.63) is 30.0 Å². The van der Waals surface area contributed by atoms with Gasteiger partial charge in [0.05, 0.1) is 12.1 Å². The number of nitrogens with zero attached hydrogens (tertiary/aromatic N) is 2. The average Bonchev–Trinajstić information content (AvgIpc) is 2.46. The van der Waals surface area contributed by atoms with E-state index < -0.39 is 5.97 Å². The van der Waals surface area contributed by atoms with Crippen LogP contribution in [0, 0.1) is 0 Å². The molecule has 0 atom stereocenters. The maximum atomic E-state index is 11.2. The standard InChI is InChI=1S/C15H18N2O3/c1-2-3-4-7-10-20-14-11-8-5-6-9-12(11)16-17-13(14)15(18)19/h5-6,8-9H,2-4,7,10H2,1H3,(H,18,19). The van der Waals surface area contributed by atoms with E-state index in [1.165, 1.54) is 0 Å². The molecule has 2 rings (SSSR count). The summed E-state index contributed by atoms with van der Waals surface area (Å²) >= 11 is 0. The number of fused-ring (bicyclic) bond motifs is 1. The fourth-order valence-electron chi connectivity index (χ4n) is 2.02. The van der Waals surface area contributed by atoms with Crippen molar-refractivity contribution in [1.82, 2.24) is 10.2 Å². The van der Waals surface area contributed by atoms with Crippen LogP contribution in [0.1, 0.15) is 43.1 Å². The molecule has 106 valence electrons. The lowest BCUT2D eigenvalue weighted by molar-refractivity contribution is 0.0684. The molecule has 0 aliphatic rings. The van der Waals surface area contributed by atoms with E-state index in [-0.39, 0.29) is 5.69 Å².